The molecule has 0 aliphatic carbocycles. The van der Waals surface area contributed by atoms with Crippen molar-refractivity contribution in [1.82, 2.24) is 10.2 Å². The van der Waals surface area contributed by atoms with Gasteiger partial charge in [0.25, 0.3) is 0 Å². The van der Waals surface area contributed by atoms with E-state index < -0.39 is 0 Å². The SMILES string of the molecule is CC(C)N(CC1CCCCN1)C(C)Cc1ccccc1. The van der Waals surface area contributed by atoms with Crippen LogP contribution in [-0.2, 0) is 6.42 Å². The van der Waals surface area contributed by atoms with Crippen molar-refractivity contribution in [3.05, 3.63) is 35.9 Å². The van der Waals surface area contributed by atoms with Crippen LogP contribution in [0.2, 0.25) is 0 Å². The van der Waals surface area contributed by atoms with Crippen LogP contribution in [0, 0.1) is 0 Å². The molecular weight excluding hydrogens is 244 g/mol. The lowest BCUT2D eigenvalue weighted by Crippen LogP contribution is -2.49. The van der Waals surface area contributed by atoms with E-state index in [2.05, 4.69) is 61.3 Å². The fourth-order valence-corrected chi connectivity index (χ4v) is 3.31. The molecule has 1 aliphatic rings. The highest BCUT2D eigenvalue weighted by atomic mass is 15.2. The molecule has 1 aromatic rings. The number of nitrogens with zero attached hydrogens (tertiary/aromatic N) is 1. The molecule has 0 bridgehead atoms. The number of benzene rings is 1. The Hall–Kier alpha value is -0.860. The lowest BCUT2D eigenvalue weighted by atomic mass is 10.0. The first kappa shape index (κ1) is 15.5. The minimum atomic E-state index is 0.598. The van der Waals surface area contributed by atoms with E-state index in [0.29, 0.717) is 18.1 Å². The highest BCUT2D eigenvalue weighted by Gasteiger charge is 2.22. The van der Waals surface area contributed by atoms with Gasteiger partial charge in [-0.2, -0.15) is 0 Å². The average molecular weight is 274 g/mol. The van der Waals surface area contributed by atoms with Crippen LogP contribution in [0.3, 0.4) is 0 Å². The van der Waals surface area contributed by atoms with Gasteiger partial charge in [0.1, 0.15) is 0 Å². The molecule has 1 fully saturated rings. The Morgan fingerprint density at radius 3 is 2.50 bits per heavy atom. The van der Waals surface area contributed by atoms with Crippen molar-refractivity contribution in [3.63, 3.8) is 0 Å². The largest absolute Gasteiger partial charge is 0.313 e. The van der Waals surface area contributed by atoms with Gasteiger partial charge >= 0.3 is 0 Å². The van der Waals surface area contributed by atoms with Gasteiger partial charge in [0.05, 0.1) is 0 Å². The molecule has 0 amide bonds. The van der Waals surface area contributed by atoms with Gasteiger partial charge in [0, 0.05) is 24.7 Å². The minimum Gasteiger partial charge on any atom is -0.313 e. The van der Waals surface area contributed by atoms with Crippen LogP contribution in [0.5, 0.6) is 0 Å². The zero-order valence-electron chi connectivity index (χ0n) is 13.3. The fraction of sp³-hybridized carbons (Fsp3) is 0.667. The highest BCUT2D eigenvalue weighted by molar-refractivity contribution is 5.15. The summed E-state index contributed by atoms with van der Waals surface area (Å²) >= 11 is 0. The second kappa shape index (κ2) is 7.80. The van der Waals surface area contributed by atoms with E-state index in [-0.39, 0.29) is 0 Å². The zero-order chi connectivity index (χ0) is 14.4. The van der Waals surface area contributed by atoms with Gasteiger partial charge in [-0.05, 0) is 52.1 Å². The summed E-state index contributed by atoms with van der Waals surface area (Å²) in [5.74, 6) is 0. The summed E-state index contributed by atoms with van der Waals surface area (Å²) in [5, 5.41) is 3.68. The second-order valence-corrected chi connectivity index (χ2v) is 6.48. The lowest BCUT2D eigenvalue weighted by Gasteiger charge is -2.37. The van der Waals surface area contributed by atoms with E-state index in [9.17, 15) is 0 Å². The molecule has 1 heterocycles. The third kappa shape index (κ3) is 4.60. The standard InChI is InChI=1S/C18H30N2/c1-15(2)20(14-18-11-7-8-12-19-18)16(3)13-17-9-5-4-6-10-17/h4-6,9-10,15-16,18-19H,7-8,11-14H2,1-3H3. The van der Waals surface area contributed by atoms with Gasteiger partial charge < -0.3 is 5.32 Å². The summed E-state index contributed by atoms with van der Waals surface area (Å²) in [6, 6.07) is 12.8. The summed E-state index contributed by atoms with van der Waals surface area (Å²) < 4.78 is 0. The molecule has 1 saturated heterocycles. The summed E-state index contributed by atoms with van der Waals surface area (Å²) in [4.78, 5) is 2.66. The third-order valence-electron chi connectivity index (χ3n) is 4.45. The van der Waals surface area contributed by atoms with Gasteiger partial charge in [-0.3, -0.25) is 4.90 Å². The first-order chi connectivity index (χ1) is 9.66. The van der Waals surface area contributed by atoms with E-state index in [4.69, 9.17) is 0 Å². The summed E-state index contributed by atoms with van der Waals surface area (Å²) in [5.41, 5.74) is 1.45. The molecule has 2 heteroatoms. The Morgan fingerprint density at radius 1 is 1.15 bits per heavy atom. The van der Waals surface area contributed by atoms with Gasteiger partial charge in [-0.1, -0.05) is 36.8 Å². The summed E-state index contributed by atoms with van der Waals surface area (Å²) in [6.45, 7) is 9.40. The normalized spacial score (nSPS) is 21.4. The Labute approximate surface area is 124 Å². The zero-order valence-corrected chi connectivity index (χ0v) is 13.3. The molecular formula is C18H30N2. The van der Waals surface area contributed by atoms with E-state index in [1.54, 1.807) is 0 Å². The molecule has 2 atom stereocenters. The predicted octanol–water partition coefficient (Wildman–Crippen LogP) is 3.47. The molecule has 1 aromatic carbocycles. The van der Waals surface area contributed by atoms with Crippen LogP contribution in [0.25, 0.3) is 0 Å². The average Bonchev–Trinajstić information content (AvgIpc) is 2.46. The van der Waals surface area contributed by atoms with Crippen molar-refractivity contribution in [2.24, 2.45) is 0 Å². The molecule has 1 aliphatic heterocycles. The lowest BCUT2D eigenvalue weighted by molar-refractivity contribution is 0.137. The van der Waals surface area contributed by atoms with Crippen molar-refractivity contribution in [3.8, 4) is 0 Å². The predicted molar refractivity (Wildman–Crippen MR) is 87.1 cm³/mol. The van der Waals surface area contributed by atoms with Gasteiger partial charge in [0.15, 0.2) is 0 Å². The van der Waals surface area contributed by atoms with Crippen LogP contribution in [0.1, 0.15) is 45.6 Å². The van der Waals surface area contributed by atoms with E-state index in [1.165, 1.54) is 37.9 Å². The van der Waals surface area contributed by atoms with Crippen LogP contribution >= 0.6 is 0 Å². The summed E-state index contributed by atoms with van der Waals surface area (Å²) in [6.07, 6.45) is 5.21. The number of hydrogen-bond acceptors (Lipinski definition) is 2. The third-order valence-corrected chi connectivity index (χ3v) is 4.45. The smallest absolute Gasteiger partial charge is 0.0195 e. The molecule has 1 N–H and O–H groups in total. The highest BCUT2D eigenvalue weighted by Crippen LogP contribution is 2.15. The van der Waals surface area contributed by atoms with Crippen molar-refractivity contribution in [2.75, 3.05) is 13.1 Å². The van der Waals surface area contributed by atoms with Crippen molar-refractivity contribution < 1.29 is 0 Å². The van der Waals surface area contributed by atoms with Crippen molar-refractivity contribution >= 4 is 0 Å². The Morgan fingerprint density at radius 2 is 1.90 bits per heavy atom. The van der Waals surface area contributed by atoms with Gasteiger partial charge in [-0.25, -0.2) is 0 Å². The molecule has 20 heavy (non-hydrogen) atoms. The maximum absolute atomic E-state index is 3.68. The molecule has 0 spiro atoms. The first-order valence-electron chi connectivity index (χ1n) is 8.20. The van der Waals surface area contributed by atoms with Crippen LogP contribution in [0.4, 0.5) is 0 Å². The van der Waals surface area contributed by atoms with Gasteiger partial charge in [0.2, 0.25) is 0 Å². The monoisotopic (exact) mass is 274 g/mol. The molecule has 0 saturated carbocycles. The molecule has 2 unspecified atom stereocenters. The van der Waals surface area contributed by atoms with Crippen molar-refractivity contribution in [1.29, 1.82) is 0 Å². The number of nitrogens with one attached hydrogen (secondary N) is 1. The molecule has 112 valence electrons. The van der Waals surface area contributed by atoms with Crippen LogP contribution in [0.15, 0.2) is 30.3 Å². The quantitative estimate of drug-likeness (QED) is 0.854. The number of hydrogen-bond donors (Lipinski definition) is 1. The maximum Gasteiger partial charge on any atom is 0.0195 e. The maximum atomic E-state index is 3.68. The van der Waals surface area contributed by atoms with E-state index in [1.807, 2.05) is 0 Å². The van der Waals surface area contributed by atoms with Crippen LogP contribution < -0.4 is 5.32 Å². The molecule has 0 aromatic heterocycles. The van der Waals surface area contributed by atoms with Crippen molar-refractivity contribution in [2.45, 2.75) is 64.6 Å². The first-order valence-corrected chi connectivity index (χ1v) is 8.20. The summed E-state index contributed by atoms with van der Waals surface area (Å²) in [7, 11) is 0. The number of piperidine rings is 1. The van der Waals surface area contributed by atoms with E-state index in [0.717, 1.165) is 6.42 Å². The molecule has 0 radical (unpaired) electrons. The Bertz CT molecular complexity index is 368. The van der Waals surface area contributed by atoms with E-state index >= 15 is 0 Å². The topological polar surface area (TPSA) is 15.3 Å². The Balaban J connectivity index is 1.93. The second-order valence-electron chi connectivity index (χ2n) is 6.48. The Kier molecular flexibility index (Phi) is 6.06. The minimum absolute atomic E-state index is 0.598. The fourth-order valence-electron chi connectivity index (χ4n) is 3.31. The number of rotatable bonds is 6. The molecule has 2 nitrogen and oxygen atoms in total. The molecule has 2 rings (SSSR count). The van der Waals surface area contributed by atoms with Crippen LogP contribution in [-0.4, -0.2) is 36.1 Å². The van der Waals surface area contributed by atoms with Gasteiger partial charge in [-0.15, -0.1) is 0 Å².